The number of fused-ring (bicyclic) bond motifs is 3. The number of esters is 3. The highest BCUT2D eigenvalue weighted by molar-refractivity contribution is 5.89. The summed E-state index contributed by atoms with van der Waals surface area (Å²) in [4.78, 5) is 54.7. The van der Waals surface area contributed by atoms with E-state index >= 15 is 0 Å². The second kappa shape index (κ2) is 15.9. The monoisotopic (exact) mass is 823 g/mol. The molecule has 13 atom stereocenters. The van der Waals surface area contributed by atoms with Crippen LogP contribution in [0.25, 0.3) is 0 Å². The van der Waals surface area contributed by atoms with E-state index < -0.39 is 106 Å². The lowest BCUT2D eigenvalue weighted by molar-refractivity contribution is -0.361. The standard InChI is InChI=1S/C46H65NO12/c1-13-33-55-32-22-29-19-20-46(29,58-27(6)48)36-38(57-39(50)28-17-15-14-16-18-28)45(43(10,11)53)23-31(25(4)34(45)26(5)37(56-33)44(32,36)12)54-40(51)35(49)30(21-24(2)3)47-41(52)59-42(7,8)9/h13-18,24,26,29-33,35-38,49,53H,1,19-23H2,2-12H3,(H,47,52)/t26-,29?,30-,31-,32-,33-,35+,36-,37-,38-,44+,45-,46-/m0/s1. The van der Waals surface area contributed by atoms with Crippen LogP contribution >= 0.6 is 0 Å². The van der Waals surface area contributed by atoms with Gasteiger partial charge in [-0.05, 0) is 102 Å². The molecule has 1 saturated heterocycles. The van der Waals surface area contributed by atoms with Gasteiger partial charge in [-0.15, -0.1) is 0 Å². The number of amides is 1. The molecule has 3 saturated carbocycles. The lowest BCUT2D eigenvalue weighted by atomic mass is 9.43. The average Bonchev–Trinajstić information content (AvgIpc) is 3.39. The lowest BCUT2D eigenvalue weighted by Gasteiger charge is -2.68. The van der Waals surface area contributed by atoms with Crippen molar-refractivity contribution in [2.45, 2.75) is 168 Å². The molecule has 3 N–H and O–H groups in total. The highest BCUT2D eigenvalue weighted by Crippen LogP contribution is 2.72. The molecule has 1 aromatic carbocycles. The van der Waals surface area contributed by atoms with Crippen molar-refractivity contribution in [3.63, 3.8) is 0 Å². The van der Waals surface area contributed by atoms with Gasteiger partial charge in [0.05, 0.1) is 34.8 Å². The molecule has 1 aliphatic heterocycles. The summed E-state index contributed by atoms with van der Waals surface area (Å²) in [5.74, 6) is -3.53. The van der Waals surface area contributed by atoms with Gasteiger partial charge in [0, 0.05) is 36.5 Å². The molecule has 59 heavy (non-hydrogen) atoms. The van der Waals surface area contributed by atoms with E-state index in [1.807, 2.05) is 27.7 Å². The van der Waals surface area contributed by atoms with E-state index in [0.29, 0.717) is 29.6 Å². The van der Waals surface area contributed by atoms with Gasteiger partial charge in [-0.3, -0.25) is 4.79 Å². The van der Waals surface area contributed by atoms with Gasteiger partial charge in [-0.25, -0.2) is 14.4 Å². The maximum atomic E-state index is 14.5. The first-order valence-electron chi connectivity index (χ1n) is 21.1. The van der Waals surface area contributed by atoms with Crippen molar-refractivity contribution in [1.29, 1.82) is 0 Å². The lowest BCUT2D eigenvalue weighted by Crippen LogP contribution is -2.75. The molecule has 1 aromatic rings. The number of rotatable bonds is 11. The number of hydrogen-bond acceptors (Lipinski definition) is 12. The number of carbonyl (C=O) groups excluding carboxylic acids is 4. The number of aliphatic hydroxyl groups excluding tert-OH is 1. The van der Waals surface area contributed by atoms with E-state index in [-0.39, 0.29) is 24.7 Å². The summed E-state index contributed by atoms with van der Waals surface area (Å²) in [5, 5.41) is 27.1. The Balaban J connectivity index is 1.52. The summed E-state index contributed by atoms with van der Waals surface area (Å²) in [6.45, 7) is 23.6. The summed E-state index contributed by atoms with van der Waals surface area (Å²) in [6.07, 6.45) is -2.98. The molecule has 4 aliphatic carbocycles. The Hall–Kier alpha value is -3.78. The zero-order chi connectivity index (χ0) is 43.6. The normalized spacial score (nSPS) is 36.0. The van der Waals surface area contributed by atoms with Crippen LogP contribution in [0.1, 0.15) is 119 Å². The summed E-state index contributed by atoms with van der Waals surface area (Å²) in [7, 11) is 0. The van der Waals surface area contributed by atoms with Crippen molar-refractivity contribution in [3.8, 4) is 0 Å². The first-order valence-corrected chi connectivity index (χ1v) is 21.1. The van der Waals surface area contributed by atoms with Gasteiger partial charge in [0.2, 0.25) is 0 Å². The fourth-order valence-corrected chi connectivity index (χ4v) is 11.6. The average molecular weight is 824 g/mol. The molecular formula is C46H65NO12. The summed E-state index contributed by atoms with van der Waals surface area (Å²) in [5.41, 5.74) is -4.41. The molecule has 1 unspecified atom stereocenters. The SMILES string of the molecule is C=C[C@H]1O[C@H]2CC3CC[C@@]3(OC(C)=O)[C@H]3[C@H](OC(=O)c4ccccc4)[C@]4(C(C)(C)O)C[C@H](OC(=O)[C@H](O)[C@H](CC(C)C)NC(=O)OC(C)(C)C)C(C)=C4[C@H](C)[C@H](O1)[C@]23C. The smallest absolute Gasteiger partial charge is 0.407 e. The van der Waals surface area contributed by atoms with Crippen LogP contribution in [-0.4, -0.2) is 93.9 Å². The minimum Gasteiger partial charge on any atom is -0.458 e. The Labute approximate surface area is 348 Å². The molecule has 0 aromatic heterocycles. The van der Waals surface area contributed by atoms with E-state index in [2.05, 4.69) is 18.8 Å². The maximum Gasteiger partial charge on any atom is 0.407 e. The minimum absolute atomic E-state index is 0.0222. The van der Waals surface area contributed by atoms with Crippen LogP contribution < -0.4 is 5.32 Å². The van der Waals surface area contributed by atoms with Gasteiger partial charge in [0.15, 0.2) is 12.4 Å². The maximum absolute atomic E-state index is 14.5. The van der Waals surface area contributed by atoms with E-state index in [9.17, 15) is 29.4 Å². The Kier molecular flexibility index (Phi) is 12.1. The topological polar surface area (TPSA) is 176 Å². The first-order chi connectivity index (χ1) is 27.4. The number of benzene rings is 1. The third-order valence-electron chi connectivity index (χ3n) is 13.9. The molecule has 326 valence electrons. The summed E-state index contributed by atoms with van der Waals surface area (Å²) < 4.78 is 38.6. The van der Waals surface area contributed by atoms with E-state index in [0.717, 1.165) is 6.42 Å². The number of alkyl carbamates (subject to hydrolysis) is 1. The number of ether oxygens (including phenoxy) is 6. The summed E-state index contributed by atoms with van der Waals surface area (Å²) in [6, 6.07) is 7.55. The molecule has 4 fully saturated rings. The van der Waals surface area contributed by atoms with Gasteiger partial charge < -0.3 is 44.0 Å². The van der Waals surface area contributed by atoms with Gasteiger partial charge >= 0.3 is 24.0 Å². The fourth-order valence-electron chi connectivity index (χ4n) is 11.6. The molecule has 13 nitrogen and oxygen atoms in total. The fraction of sp³-hybridized carbons (Fsp3) is 0.696. The number of carbonyl (C=O) groups is 4. The second-order valence-corrected chi connectivity index (χ2v) is 19.7. The van der Waals surface area contributed by atoms with E-state index in [1.165, 1.54) is 6.92 Å². The van der Waals surface area contributed by atoms with E-state index in [1.54, 1.807) is 71.0 Å². The molecule has 5 aliphatic rings. The molecule has 6 rings (SSSR count). The van der Waals surface area contributed by atoms with Crippen molar-refractivity contribution in [3.05, 3.63) is 59.7 Å². The first kappa shape index (κ1) is 44.8. The zero-order valence-corrected chi connectivity index (χ0v) is 36.5. The van der Waals surface area contributed by atoms with Gasteiger partial charge in [0.25, 0.3) is 0 Å². The van der Waals surface area contributed by atoms with Crippen LogP contribution in [0.15, 0.2) is 54.1 Å². The van der Waals surface area contributed by atoms with Gasteiger partial charge in [0.1, 0.15) is 23.4 Å². The van der Waals surface area contributed by atoms with Crippen molar-refractivity contribution < 1.29 is 57.8 Å². The molecular weight excluding hydrogens is 759 g/mol. The van der Waals surface area contributed by atoms with Crippen LogP contribution in [0, 0.1) is 34.5 Å². The number of nitrogens with one attached hydrogen (secondary N) is 1. The van der Waals surface area contributed by atoms with Crippen LogP contribution in [-0.2, 0) is 38.0 Å². The highest BCUT2D eigenvalue weighted by atomic mass is 16.7. The number of aliphatic hydroxyl groups is 2. The van der Waals surface area contributed by atoms with Crippen LogP contribution in [0.4, 0.5) is 4.79 Å². The third-order valence-corrected chi connectivity index (χ3v) is 13.9. The van der Waals surface area contributed by atoms with E-state index in [4.69, 9.17) is 28.4 Å². The largest absolute Gasteiger partial charge is 0.458 e. The number of hydrogen-bond donors (Lipinski definition) is 3. The van der Waals surface area contributed by atoms with Crippen LogP contribution in [0.3, 0.4) is 0 Å². The molecule has 0 radical (unpaired) electrons. The third kappa shape index (κ3) is 7.74. The van der Waals surface area contributed by atoms with Gasteiger partial charge in [-0.2, -0.15) is 0 Å². The van der Waals surface area contributed by atoms with Crippen molar-refractivity contribution in [2.24, 2.45) is 34.5 Å². The highest BCUT2D eigenvalue weighted by Gasteiger charge is 2.79. The Morgan fingerprint density at radius 1 is 1.07 bits per heavy atom. The Morgan fingerprint density at radius 2 is 1.73 bits per heavy atom. The second-order valence-electron chi connectivity index (χ2n) is 19.7. The Bertz CT molecular complexity index is 1830. The Morgan fingerprint density at radius 3 is 2.27 bits per heavy atom. The molecule has 0 bridgehead atoms. The predicted molar refractivity (Wildman–Crippen MR) is 217 cm³/mol. The van der Waals surface area contributed by atoms with Crippen LogP contribution in [0.5, 0.6) is 0 Å². The molecule has 13 heteroatoms. The predicted octanol–water partition coefficient (Wildman–Crippen LogP) is 6.59. The summed E-state index contributed by atoms with van der Waals surface area (Å²) >= 11 is 0. The molecule has 1 heterocycles. The quantitative estimate of drug-likeness (QED) is 0.124. The van der Waals surface area contributed by atoms with Crippen LogP contribution in [0.2, 0.25) is 0 Å². The van der Waals surface area contributed by atoms with Crippen molar-refractivity contribution in [2.75, 3.05) is 0 Å². The van der Waals surface area contributed by atoms with Crippen molar-refractivity contribution >= 4 is 24.0 Å². The van der Waals surface area contributed by atoms with Gasteiger partial charge in [-0.1, -0.05) is 52.5 Å². The zero-order valence-electron chi connectivity index (χ0n) is 36.5. The minimum atomic E-state index is -1.77. The molecule has 1 amide bonds. The van der Waals surface area contributed by atoms with Crippen molar-refractivity contribution in [1.82, 2.24) is 5.32 Å². The molecule has 0 spiro atoms.